The Kier molecular flexibility index (Phi) is 6.57. The number of nitrogens with zero attached hydrogens (tertiary/aromatic N) is 2. The van der Waals surface area contributed by atoms with E-state index in [1.54, 1.807) is 55.6 Å². The van der Waals surface area contributed by atoms with E-state index in [0.29, 0.717) is 29.0 Å². The highest BCUT2D eigenvalue weighted by Gasteiger charge is 2.14. The minimum absolute atomic E-state index is 0.0156. The number of hydrogen-bond acceptors (Lipinski definition) is 6. The summed E-state index contributed by atoms with van der Waals surface area (Å²) in [5, 5.41) is 13.2. The SMILES string of the molecule is CCCCC(=O)Nc1cccc(C(=O)Nc2nnc(-c3ccc(OC)cc3)o2)c1. The molecule has 0 aliphatic heterocycles. The van der Waals surface area contributed by atoms with Crippen LogP contribution in [0.5, 0.6) is 5.75 Å². The van der Waals surface area contributed by atoms with Crippen LogP contribution in [0.25, 0.3) is 11.5 Å². The van der Waals surface area contributed by atoms with Gasteiger partial charge in [0.15, 0.2) is 0 Å². The van der Waals surface area contributed by atoms with E-state index in [4.69, 9.17) is 9.15 Å². The number of unbranched alkanes of at least 4 members (excludes halogenated alkanes) is 1. The molecule has 1 heterocycles. The molecular weight excluding hydrogens is 372 g/mol. The second-order valence-corrected chi connectivity index (χ2v) is 6.33. The molecule has 2 aromatic carbocycles. The van der Waals surface area contributed by atoms with Crippen molar-refractivity contribution in [2.24, 2.45) is 0 Å². The third kappa shape index (κ3) is 5.41. The number of carbonyl (C=O) groups excluding carboxylic acids is 2. The lowest BCUT2D eigenvalue weighted by Crippen LogP contribution is -2.14. The Bertz CT molecular complexity index is 982. The number of nitrogens with one attached hydrogen (secondary N) is 2. The zero-order valence-electron chi connectivity index (χ0n) is 16.3. The molecular formula is C21H22N4O4. The van der Waals surface area contributed by atoms with Crippen LogP contribution in [-0.4, -0.2) is 29.1 Å². The maximum atomic E-state index is 12.5. The summed E-state index contributed by atoms with van der Waals surface area (Å²) in [6, 6.07) is 13.8. The maximum Gasteiger partial charge on any atom is 0.322 e. The number of carbonyl (C=O) groups is 2. The number of anilines is 2. The van der Waals surface area contributed by atoms with Crippen molar-refractivity contribution in [3.63, 3.8) is 0 Å². The van der Waals surface area contributed by atoms with Gasteiger partial charge in [-0.15, -0.1) is 5.10 Å². The third-order valence-corrected chi connectivity index (χ3v) is 4.15. The van der Waals surface area contributed by atoms with E-state index in [-0.39, 0.29) is 17.8 Å². The molecule has 0 fully saturated rings. The average molecular weight is 394 g/mol. The van der Waals surface area contributed by atoms with Crippen molar-refractivity contribution in [2.45, 2.75) is 26.2 Å². The van der Waals surface area contributed by atoms with Gasteiger partial charge in [-0.3, -0.25) is 14.9 Å². The van der Waals surface area contributed by atoms with Crippen LogP contribution in [-0.2, 0) is 4.79 Å². The molecule has 2 N–H and O–H groups in total. The van der Waals surface area contributed by atoms with Crippen molar-refractivity contribution in [3.05, 3.63) is 54.1 Å². The minimum Gasteiger partial charge on any atom is -0.497 e. The van der Waals surface area contributed by atoms with Gasteiger partial charge in [0.25, 0.3) is 5.91 Å². The van der Waals surface area contributed by atoms with E-state index >= 15 is 0 Å². The number of ether oxygens (including phenoxy) is 1. The van der Waals surface area contributed by atoms with Crippen LogP contribution < -0.4 is 15.4 Å². The Labute approximate surface area is 168 Å². The Hall–Kier alpha value is -3.68. The van der Waals surface area contributed by atoms with Gasteiger partial charge in [0.1, 0.15) is 5.75 Å². The summed E-state index contributed by atoms with van der Waals surface area (Å²) >= 11 is 0. The molecule has 1 aromatic heterocycles. The zero-order chi connectivity index (χ0) is 20.6. The standard InChI is InChI=1S/C21H22N4O4/c1-3-4-8-18(26)22-16-7-5-6-15(13-16)19(27)23-21-25-24-20(29-21)14-9-11-17(28-2)12-10-14/h5-7,9-13H,3-4,8H2,1-2H3,(H,22,26)(H,23,25,27). The molecule has 8 nitrogen and oxygen atoms in total. The van der Waals surface area contributed by atoms with Gasteiger partial charge in [-0.05, 0) is 48.9 Å². The summed E-state index contributed by atoms with van der Waals surface area (Å²) < 4.78 is 10.6. The fourth-order valence-corrected chi connectivity index (χ4v) is 2.59. The van der Waals surface area contributed by atoms with Crippen LogP contribution >= 0.6 is 0 Å². The van der Waals surface area contributed by atoms with Gasteiger partial charge in [-0.2, -0.15) is 0 Å². The molecule has 150 valence electrons. The summed E-state index contributed by atoms with van der Waals surface area (Å²) in [6.45, 7) is 2.02. The van der Waals surface area contributed by atoms with Gasteiger partial charge >= 0.3 is 6.01 Å². The zero-order valence-corrected chi connectivity index (χ0v) is 16.3. The summed E-state index contributed by atoms with van der Waals surface area (Å²) in [7, 11) is 1.58. The highest BCUT2D eigenvalue weighted by Crippen LogP contribution is 2.23. The fraction of sp³-hybridized carbons (Fsp3) is 0.238. The summed E-state index contributed by atoms with van der Waals surface area (Å²) in [5.41, 5.74) is 1.63. The molecule has 0 aliphatic rings. The minimum atomic E-state index is -0.417. The predicted octanol–water partition coefficient (Wildman–Crippen LogP) is 4.13. The van der Waals surface area contributed by atoms with Gasteiger partial charge < -0.3 is 14.5 Å². The number of benzene rings is 2. The first-order chi connectivity index (χ1) is 14.1. The molecule has 0 spiro atoms. The van der Waals surface area contributed by atoms with Crippen molar-refractivity contribution >= 4 is 23.5 Å². The topological polar surface area (TPSA) is 106 Å². The van der Waals surface area contributed by atoms with Crippen molar-refractivity contribution < 1.29 is 18.7 Å². The fourth-order valence-electron chi connectivity index (χ4n) is 2.59. The van der Waals surface area contributed by atoms with E-state index in [0.717, 1.165) is 12.8 Å². The smallest absolute Gasteiger partial charge is 0.322 e. The number of methoxy groups -OCH3 is 1. The molecule has 0 aliphatic carbocycles. The van der Waals surface area contributed by atoms with Gasteiger partial charge in [0.05, 0.1) is 7.11 Å². The van der Waals surface area contributed by atoms with Crippen LogP contribution in [0, 0.1) is 0 Å². The molecule has 2 amide bonds. The van der Waals surface area contributed by atoms with E-state index < -0.39 is 5.91 Å². The lowest BCUT2D eigenvalue weighted by atomic mass is 10.2. The summed E-state index contributed by atoms with van der Waals surface area (Å²) in [5.74, 6) is 0.494. The number of aromatic nitrogens is 2. The Morgan fingerprint density at radius 3 is 2.59 bits per heavy atom. The van der Waals surface area contributed by atoms with Gasteiger partial charge in [0.2, 0.25) is 11.8 Å². The Morgan fingerprint density at radius 1 is 1.07 bits per heavy atom. The molecule has 0 saturated heterocycles. The molecule has 0 atom stereocenters. The van der Waals surface area contributed by atoms with Crippen molar-refractivity contribution in [2.75, 3.05) is 17.7 Å². The maximum absolute atomic E-state index is 12.5. The molecule has 8 heteroatoms. The second-order valence-electron chi connectivity index (χ2n) is 6.33. The Morgan fingerprint density at radius 2 is 1.86 bits per heavy atom. The molecule has 0 unspecified atom stereocenters. The number of hydrogen-bond donors (Lipinski definition) is 2. The Balaban J connectivity index is 1.65. The normalized spacial score (nSPS) is 10.4. The van der Waals surface area contributed by atoms with Crippen LogP contribution in [0.1, 0.15) is 36.5 Å². The lowest BCUT2D eigenvalue weighted by molar-refractivity contribution is -0.116. The average Bonchev–Trinajstić information content (AvgIpc) is 3.21. The molecule has 0 radical (unpaired) electrons. The van der Waals surface area contributed by atoms with E-state index in [9.17, 15) is 9.59 Å². The highest BCUT2D eigenvalue weighted by atomic mass is 16.5. The summed E-state index contributed by atoms with van der Waals surface area (Å²) in [4.78, 5) is 24.4. The molecule has 0 bridgehead atoms. The first kappa shape index (κ1) is 20.1. The van der Waals surface area contributed by atoms with E-state index in [1.807, 2.05) is 6.92 Å². The van der Waals surface area contributed by atoms with Gasteiger partial charge in [-0.25, -0.2) is 0 Å². The van der Waals surface area contributed by atoms with Crippen LogP contribution in [0.15, 0.2) is 52.9 Å². The largest absolute Gasteiger partial charge is 0.497 e. The lowest BCUT2D eigenvalue weighted by Gasteiger charge is -2.07. The summed E-state index contributed by atoms with van der Waals surface area (Å²) in [6.07, 6.45) is 2.21. The van der Waals surface area contributed by atoms with Gasteiger partial charge in [0, 0.05) is 23.2 Å². The first-order valence-electron chi connectivity index (χ1n) is 9.28. The van der Waals surface area contributed by atoms with Gasteiger partial charge in [-0.1, -0.05) is 24.5 Å². The molecule has 0 saturated carbocycles. The quantitative estimate of drug-likeness (QED) is 0.595. The van der Waals surface area contributed by atoms with Crippen LogP contribution in [0.2, 0.25) is 0 Å². The van der Waals surface area contributed by atoms with E-state index in [2.05, 4.69) is 20.8 Å². The highest BCUT2D eigenvalue weighted by molar-refractivity contribution is 6.04. The van der Waals surface area contributed by atoms with Crippen molar-refractivity contribution in [1.29, 1.82) is 0 Å². The number of rotatable bonds is 8. The van der Waals surface area contributed by atoms with Crippen molar-refractivity contribution in [1.82, 2.24) is 10.2 Å². The second kappa shape index (κ2) is 9.50. The third-order valence-electron chi connectivity index (χ3n) is 4.15. The number of amides is 2. The van der Waals surface area contributed by atoms with Crippen molar-refractivity contribution in [3.8, 4) is 17.2 Å². The predicted molar refractivity (Wildman–Crippen MR) is 109 cm³/mol. The first-order valence-corrected chi connectivity index (χ1v) is 9.28. The van der Waals surface area contributed by atoms with Crippen LogP contribution in [0.4, 0.5) is 11.7 Å². The molecule has 3 aromatic rings. The molecule has 29 heavy (non-hydrogen) atoms. The monoisotopic (exact) mass is 394 g/mol. The molecule has 3 rings (SSSR count). The van der Waals surface area contributed by atoms with E-state index in [1.165, 1.54) is 0 Å². The van der Waals surface area contributed by atoms with Crippen LogP contribution in [0.3, 0.4) is 0 Å².